The van der Waals surface area contributed by atoms with Gasteiger partial charge in [0.05, 0.1) is 17.4 Å². The number of benzene rings is 1. The molecule has 6 nitrogen and oxygen atoms in total. The number of aromatic nitrogens is 2. The van der Waals surface area contributed by atoms with E-state index in [4.69, 9.17) is 27.9 Å². The standard InChI is InChI=1S/C17H18Cl2N4O2/c18-11-1-3-13(4-2-11)22-16(24)23-14-5-7-15(8-6-14)25-17-20-9-12(19)10-21-17/h1-4,9-10,14-15H,5-8H2,(H2,22,23,24). The van der Waals surface area contributed by atoms with Gasteiger partial charge >= 0.3 is 12.0 Å². The van der Waals surface area contributed by atoms with Crippen LogP contribution in [0.3, 0.4) is 0 Å². The van der Waals surface area contributed by atoms with Crippen molar-refractivity contribution in [2.45, 2.75) is 37.8 Å². The summed E-state index contributed by atoms with van der Waals surface area (Å²) >= 11 is 11.6. The second-order valence-electron chi connectivity index (χ2n) is 5.88. The van der Waals surface area contributed by atoms with Crippen LogP contribution in [-0.4, -0.2) is 28.1 Å². The van der Waals surface area contributed by atoms with Gasteiger partial charge in [-0.3, -0.25) is 0 Å². The summed E-state index contributed by atoms with van der Waals surface area (Å²) in [5.74, 6) is 0. The first-order valence-electron chi connectivity index (χ1n) is 8.06. The zero-order chi connectivity index (χ0) is 17.6. The molecule has 0 aliphatic heterocycles. The molecule has 2 amide bonds. The number of rotatable bonds is 4. The zero-order valence-corrected chi connectivity index (χ0v) is 14.9. The third kappa shape index (κ3) is 5.47. The first-order chi connectivity index (χ1) is 12.1. The Labute approximate surface area is 155 Å². The van der Waals surface area contributed by atoms with E-state index in [2.05, 4.69) is 20.6 Å². The van der Waals surface area contributed by atoms with Crippen molar-refractivity contribution in [3.63, 3.8) is 0 Å². The maximum Gasteiger partial charge on any atom is 0.319 e. The summed E-state index contributed by atoms with van der Waals surface area (Å²) < 4.78 is 5.75. The Morgan fingerprint density at radius 1 is 1.00 bits per heavy atom. The lowest BCUT2D eigenvalue weighted by Crippen LogP contribution is -2.41. The molecule has 132 valence electrons. The van der Waals surface area contributed by atoms with Crippen molar-refractivity contribution in [2.75, 3.05) is 5.32 Å². The van der Waals surface area contributed by atoms with E-state index < -0.39 is 0 Å². The minimum absolute atomic E-state index is 0.0542. The van der Waals surface area contributed by atoms with Crippen LogP contribution in [0.25, 0.3) is 0 Å². The lowest BCUT2D eigenvalue weighted by Gasteiger charge is -2.28. The summed E-state index contributed by atoms with van der Waals surface area (Å²) in [6, 6.07) is 7.24. The van der Waals surface area contributed by atoms with Gasteiger partial charge in [-0.05, 0) is 49.9 Å². The second kappa shape index (κ2) is 8.36. The van der Waals surface area contributed by atoms with Gasteiger partial charge in [0, 0.05) is 16.8 Å². The summed E-state index contributed by atoms with van der Waals surface area (Å²) in [6.07, 6.45) is 6.42. The van der Waals surface area contributed by atoms with Gasteiger partial charge in [-0.1, -0.05) is 23.2 Å². The fourth-order valence-corrected chi connectivity index (χ4v) is 2.94. The van der Waals surface area contributed by atoms with Crippen LogP contribution in [-0.2, 0) is 0 Å². The molecule has 0 spiro atoms. The van der Waals surface area contributed by atoms with Gasteiger partial charge in [0.2, 0.25) is 0 Å². The Kier molecular flexibility index (Phi) is 5.94. The summed E-state index contributed by atoms with van der Waals surface area (Å²) in [5.41, 5.74) is 0.707. The topological polar surface area (TPSA) is 76.1 Å². The molecule has 1 aromatic carbocycles. The number of carbonyl (C=O) groups excluding carboxylic acids is 1. The first-order valence-corrected chi connectivity index (χ1v) is 8.81. The molecule has 8 heteroatoms. The average Bonchev–Trinajstić information content (AvgIpc) is 2.61. The van der Waals surface area contributed by atoms with Crippen LogP contribution in [0, 0.1) is 0 Å². The normalized spacial score (nSPS) is 19.9. The molecule has 0 radical (unpaired) electrons. The van der Waals surface area contributed by atoms with Crippen molar-refractivity contribution >= 4 is 34.9 Å². The van der Waals surface area contributed by atoms with E-state index in [-0.39, 0.29) is 18.2 Å². The second-order valence-corrected chi connectivity index (χ2v) is 6.75. The van der Waals surface area contributed by atoms with E-state index in [1.54, 1.807) is 24.3 Å². The Morgan fingerprint density at radius 3 is 2.28 bits per heavy atom. The smallest absolute Gasteiger partial charge is 0.319 e. The molecule has 3 rings (SSSR count). The van der Waals surface area contributed by atoms with E-state index in [1.807, 2.05) is 0 Å². The van der Waals surface area contributed by atoms with Crippen LogP contribution in [0.5, 0.6) is 6.01 Å². The van der Waals surface area contributed by atoms with Gasteiger partial charge in [-0.25, -0.2) is 14.8 Å². The molecular formula is C17H18Cl2N4O2. The minimum atomic E-state index is -0.215. The van der Waals surface area contributed by atoms with Crippen LogP contribution >= 0.6 is 23.2 Å². The number of ether oxygens (including phenoxy) is 1. The van der Waals surface area contributed by atoms with Crippen LogP contribution in [0.15, 0.2) is 36.7 Å². The van der Waals surface area contributed by atoms with Gasteiger partial charge in [-0.2, -0.15) is 0 Å². The van der Waals surface area contributed by atoms with Crippen LogP contribution in [0.4, 0.5) is 10.5 Å². The highest BCUT2D eigenvalue weighted by Crippen LogP contribution is 2.22. The molecular weight excluding hydrogens is 363 g/mol. The highest BCUT2D eigenvalue weighted by molar-refractivity contribution is 6.30. The molecule has 0 unspecified atom stereocenters. The predicted molar refractivity (Wildman–Crippen MR) is 97.3 cm³/mol. The largest absolute Gasteiger partial charge is 0.460 e. The van der Waals surface area contributed by atoms with Gasteiger partial charge in [0.15, 0.2) is 0 Å². The van der Waals surface area contributed by atoms with Gasteiger partial charge in [-0.15, -0.1) is 0 Å². The summed E-state index contributed by atoms with van der Waals surface area (Å²) in [7, 11) is 0. The summed E-state index contributed by atoms with van der Waals surface area (Å²) in [4.78, 5) is 20.1. The number of hydrogen-bond donors (Lipinski definition) is 2. The Bertz CT molecular complexity index is 702. The lowest BCUT2D eigenvalue weighted by atomic mass is 9.93. The van der Waals surface area contributed by atoms with Gasteiger partial charge in [0.25, 0.3) is 0 Å². The van der Waals surface area contributed by atoms with Gasteiger partial charge < -0.3 is 15.4 Å². The fraction of sp³-hybridized carbons (Fsp3) is 0.353. The summed E-state index contributed by atoms with van der Waals surface area (Å²) in [6.45, 7) is 0. The number of carbonyl (C=O) groups is 1. The highest BCUT2D eigenvalue weighted by Gasteiger charge is 2.24. The molecule has 1 aromatic heterocycles. The number of halogens is 2. The quantitative estimate of drug-likeness (QED) is 0.828. The molecule has 1 heterocycles. The molecule has 1 aliphatic rings. The number of urea groups is 1. The Balaban J connectivity index is 1.42. The molecule has 1 fully saturated rings. The van der Waals surface area contributed by atoms with Crippen molar-refractivity contribution < 1.29 is 9.53 Å². The number of anilines is 1. The number of hydrogen-bond acceptors (Lipinski definition) is 4. The monoisotopic (exact) mass is 380 g/mol. The lowest BCUT2D eigenvalue weighted by molar-refractivity contribution is 0.129. The summed E-state index contributed by atoms with van der Waals surface area (Å²) in [5, 5.41) is 6.90. The third-order valence-electron chi connectivity index (χ3n) is 3.98. The molecule has 2 aromatic rings. The van der Waals surface area contributed by atoms with Crippen molar-refractivity contribution in [3.8, 4) is 6.01 Å². The molecule has 0 atom stereocenters. The van der Waals surface area contributed by atoms with Crippen molar-refractivity contribution in [3.05, 3.63) is 46.7 Å². The van der Waals surface area contributed by atoms with E-state index in [0.29, 0.717) is 21.7 Å². The molecule has 0 bridgehead atoms. The molecule has 0 saturated heterocycles. The molecule has 25 heavy (non-hydrogen) atoms. The Hall–Kier alpha value is -2.05. The zero-order valence-electron chi connectivity index (χ0n) is 13.4. The van der Waals surface area contributed by atoms with E-state index in [0.717, 1.165) is 25.7 Å². The maximum absolute atomic E-state index is 12.1. The average molecular weight is 381 g/mol. The maximum atomic E-state index is 12.1. The van der Waals surface area contributed by atoms with Crippen LogP contribution in [0.2, 0.25) is 10.0 Å². The van der Waals surface area contributed by atoms with E-state index in [9.17, 15) is 4.79 Å². The van der Waals surface area contributed by atoms with Crippen molar-refractivity contribution in [1.29, 1.82) is 0 Å². The van der Waals surface area contributed by atoms with Crippen molar-refractivity contribution in [2.24, 2.45) is 0 Å². The number of amides is 2. The van der Waals surface area contributed by atoms with Crippen LogP contribution < -0.4 is 15.4 Å². The van der Waals surface area contributed by atoms with E-state index >= 15 is 0 Å². The third-order valence-corrected chi connectivity index (χ3v) is 4.43. The van der Waals surface area contributed by atoms with Gasteiger partial charge in [0.1, 0.15) is 6.10 Å². The highest BCUT2D eigenvalue weighted by atomic mass is 35.5. The molecule has 1 saturated carbocycles. The predicted octanol–water partition coefficient (Wildman–Crippen LogP) is 4.30. The van der Waals surface area contributed by atoms with Crippen molar-refractivity contribution in [1.82, 2.24) is 15.3 Å². The Morgan fingerprint density at radius 2 is 1.64 bits per heavy atom. The molecule has 1 aliphatic carbocycles. The molecule has 2 N–H and O–H groups in total. The SMILES string of the molecule is O=C(Nc1ccc(Cl)cc1)NC1CCC(Oc2ncc(Cl)cn2)CC1. The van der Waals surface area contributed by atoms with Crippen LogP contribution in [0.1, 0.15) is 25.7 Å². The number of nitrogens with zero attached hydrogens (tertiary/aromatic N) is 2. The minimum Gasteiger partial charge on any atom is -0.460 e. The fourth-order valence-electron chi connectivity index (χ4n) is 2.72. The number of nitrogens with one attached hydrogen (secondary N) is 2. The van der Waals surface area contributed by atoms with E-state index in [1.165, 1.54) is 12.4 Å². The first kappa shape index (κ1) is 17.8.